The number of hydrogen-bond donors (Lipinski definition) is 0. The second-order valence-electron chi connectivity index (χ2n) is 4.95. The molecule has 23 heavy (non-hydrogen) atoms. The van der Waals surface area contributed by atoms with E-state index >= 15 is 0 Å². The largest absolute Gasteiger partial charge is 0.466 e. The molecule has 10 heteroatoms. The Morgan fingerprint density at radius 2 is 1.78 bits per heavy atom. The fraction of sp³-hybridized carbons (Fsp3) is 0.615. The van der Waals surface area contributed by atoms with Gasteiger partial charge in [-0.2, -0.15) is 8.42 Å². The normalized spacial score (nSPS) is 27.1. The van der Waals surface area contributed by atoms with Crippen LogP contribution in [0.25, 0.3) is 0 Å². The van der Waals surface area contributed by atoms with Gasteiger partial charge in [0.25, 0.3) is 10.1 Å². The van der Waals surface area contributed by atoms with Crippen molar-refractivity contribution in [1.82, 2.24) is 0 Å². The van der Waals surface area contributed by atoms with Crippen molar-refractivity contribution in [2.24, 2.45) is 0 Å². The molecule has 0 aromatic carbocycles. The molecule has 0 spiro atoms. The molecule has 0 aromatic rings. The van der Waals surface area contributed by atoms with Crippen LogP contribution in [0.5, 0.6) is 0 Å². The molecular formula is C13H18O9S. The van der Waals surface area contributed by atoms with Crippen molar-refractivity contribution in [3.8, 4) is 0 Å². The van der Waals surface area contributed by atoms with Gasteiger partial charge >= 0.3 is 17.9 Å². The van der Waals surface area contributed by atoms with Crippen LogP contribution in [0.1, 0.15) is 20.3 Å². The molecule has 0 fully saturated rings. The lowest BCUT2D eigenvalue weighted by Crippen LogP contribution is -2.51. The highest BCUT2D eigenvalue weighted by Gasteiger charge is 2.49. The Balaban J connectivity index is 3.22. The van der Waals surface area contributed by atoms with Crippen LogP contribution in [0.3, 0.4) is 0 Å². The van der Waals surface area contributed by atoms with E-state index in [0.29, 0.717) is 0 Å². The number of hydrogen-bond acceptors (Lipinski definition) is 9. The second kappa shape index (κ2) is 7.09. The molecule has 130 valence electrons. The van der Waals surface area contributed by atoms with E-state index in [2.05, 4.69) is 4.74 Å². The van der Waals surface area contributed by atoms with Gasteiger partial charge < -0.3 is 14.2 Å². The van der Waals surface area contributed by atoms with Crippen LogP contribution >= 0.6 is 0 Å². The van der Waals surface area contributed by atoms with Crippen LogP contribution in [0.4, 0.5) is 0 Å². The van der Waals surface area contributed by atoms with Crippen LogP contribution < -0.4 is 0 Å². The predicted molar refractivity (Wildman–Crippen MR) is 75.5 cm³/mol. The fourth-order valence-electron chi connectivity index (χ4n) is 2.17. The van der Waals surface area contributed by atoms with E-state index in [1.807, 2.05) is 0 Å². The average molecular weight is 350 g/mol. The highest BCUT2D eigenvalue weighted by molar-refractivity contribution is 7.86. The zero-order valence-corrected chi connectivity index (χ0v) is 13.9. The fourth-order valence-corrected chi connectivity index (χ4v) is 2.76. The molecule has 0 saturated carbocycles. The molecule has 0 N–H and O–H groups in total. The Labute approximate surface area is 133 Å². The number of methoxy groups -OCH3 is 1. The first-order valence-electron chi connectivity index (χ1n) is 6.52. The maximum absolute atomic E-state index is 12.0. The molecule has 9 nitrogen and oxygen atoms in total. The molecule has 3 atom stereocenters. The van der Waals surface area contributed by atoms with Gasteiger partial charge in [-0.15, -0.1) is 0 Å². The van der Waals surface area contributed by atoms with E-state index in [-0.39, 0.29) is 6.42 Å². The van der Waals surface area contributed by atoms with E-state index in [0.717, 1.165) is 33.3 Å². The van der Waals surface area contributed by atoms with Crippen molar-refractivity contribution in [3.05, 3.63) is 12.2 Å². The summed E-state index contributed by atoms with van der Waals surface area (Å²) in [7, 11) is -2.75. The van der Waals surface area contributed by atoms with Crippen LogP contribution in [-0.2, 0) is 42.9 Å². The summed E-state index contributed by atoms with van der Waals surface area (Å²) in [6.07, 6.45) is 0.525. The summed E-state index contributed by atoms with van der Waals surface area (Å²) in [6.45, 7) is 2.21. The number of carbonyl (C=O) groups is 3. The third-order valence-corrected chi connectivity index (χ3v) is 3.46. The SMILES string of the molecule is COC(=O)[C@]1(OC(C)=O)C=C[C@@H](OS(C)(=O)=O)[C@H](OC(C)=O)C1. The minimum atomic E-state index is -3.85. The van der Waals surface area contributed by atoms with Crippen molar-refractivity contribution >= 4 is 28.0 Å². The molecule has 0 aliphatic heterocycles. The molecule has 0 unspecified atom stereocenters. The Bertz CT molecular complexity index is 621. The lowest BCUT2D eigenvalue weighted by atomic mass is 9.87. The predicted octanol–water partition coefficient (Wildman–Crippen LogP) is -0.302. The first-order chi connectivity index (χ1) is 10.5. The number of esters is 3. The number of carbonyl (C=O) groups excluding carboxylic acids is 3. The van der Waals surface area contributed by atoms with Crippen molar-refractivity contribution < 1.29 is 41.2 Å². The summed E-state index contributed by atoms with van der Waals surface area (Å²) in [6, 6.07) is 0. The van der Waals surface area contributed by atoms with E-state index < -0.39 is 45.8 Å². The summed E-state index contributed by atoms with van der Waals surface area (Å²) in [5.41, 5.74) is -1.82. The monoisotopic (exact) mass is 350 g/mol. The van der Waals surface area contributed by atoms with Crippen molar-refractivity contribution in [3.63, 3.8) is 0 Å². The van der Waals surface area contributed by atoms with Crippen molar-refractivity contribution in [2.75, 3.05) is 13.4 Å². The Morgan fingerprint density at radius 3 is 2.22 bits per heavy atom. The van der Waals surface area contributed by atoms with Gasteiger partial charge in [0.1, 0.15) is 12.2 Å². The summed E-state index contributed by atoms with van der Waals surface area (Å²) >= 11 is 0. The molecule has 1 aliphatic rings. The Hall–Kier alpha value is -1.94. The third-order valence-electron chi connectivity index (χ3n) is 2.89. The molecule has 1 aliphatic carbocycles. The maximum atomic E-state index is 12.0. The van der Waals surface area contributed by atoms with Gasteiger partial charge in [-0.05, 0) is 6.08 Å². The first kappa shape index (κ1) is 19.1. The molecule has 0 bridgehead atoms. The van der Waals surface area contributed by atoms with Gasteiger partial charge in [-0.25, -0.2) is 4.79 Å². The molecular weight excluding hydrogens is 332 g/mol. The van der Waals surface area contributed by atoms with Gasteiger partial charge in [-0.3, -0.25) is 13.8 Å². The molecule has 1 rings (SSSR count). The molecule has 0 aromatic heterocycles. The summed E-state index contributed by atoms with van der Waals surface area (Å²) < 4.78 is 42.0. The Kier molecular flexibility index (Phi) is 5.89. The van der Waals surface area contributed by atoms with E-state index in [1.54, 1.807) is 0 Å². The van der Waals surface area contributed by atoms with Gasteiger partial charge in [0.05, 0.1) is 13.4 Å². The minimum Gasteiger partial charge on any atom is -0.466 e. The third kappa shape index (κ3) is 5.32. The minimum absolute atomic E-state index is 0.338. The lowest BCUT2D eigenvalue weighted by Gasteiger charge is -2.36. The average Bonchev–Trinajstić information content (AvgIpc) is 2.38. The summed E-state index contributed by atoms with van der Waals surface area (Å²) in [5, 5.41) is 0. The van der Waals surface area contributed by atoms with Crippen LogP contribution in [0.2, 0.25) is 0 Å². The summed E-state index contributed by atoms with van der Waals surface area (Å²) in [5.74, 6) is -2.36. The topological polar surface area (TPSA) is 122 Å². The highest BCUT2D eigenvalue weighted by Crippen LogP contribution is 2.32. The van der Waals surface area contributed by atoms with Crippen molar-refractivity contribution in [2.45, 2.75) is 38.1 Å². The molecule has 0 radical (unpaired) electrons. The van der Waals surface area contributed by atoms with Gasteiger partial charge in [0.15, 0.2) is 0 Å². The smallest absolute Gasteiger partial charge is 0.354 e. The Morgan fingerprint density at radius 1 is 1.17 bits per heavy atom. The standard InChI is InChI=1S/C13H18O9S/c1-8(14)20-11-7-13(12(16)19-3,21-9(2)15)6-5-10(11)22-23(4,17)18/h5-6,10-11H,7H2,1-4H3/t10-,11-,13+/m1/s1. The zero-order valence-electron chi connectivity index (χ0n) is 13.1. The first-order valence-corrected chi connectivity index (χ1v) is 8.33. The lowest BCUT2D eigenvalue weighted by molar-refractivity contribution is -0.181. The van der Waals surface area contributed by atoms with Crippen LogP contribution in [0, 0.1) is 0 Å². The maximum Gasteiger partial charge on any atom is 0.354 e. The highest BCUT2D eigenvalue weighted by atomic mass is 32.2. The van der Waals surface area contributed by atoms with Crippen LogP contribution in [-0.4, -0.2) is 57.5 Å². The van der Waals surface area contributed by atoms with E-state index in [4.69, 9.17) is 13.7 Å². The number of ether oxygens (including phenoxy) is 3. The quantitative estimate of drug-likeness (QED) is 0.284. The number of rotatable bonds is 5. The van der Waals surface area contributed by atoms with Gasteiger partial charge in [0.2, 0.25) is 5.60 Å². The molecule has 0 saturated heterocycles. The molecule has 0 amide bonds. The van der Waals surface area contributed by atoms with Crippen LogP contribution in [0.15, 0.2) is 12.2 Å². The van der Waals surface area contributed by atoms with E-state index in [9.17, 15) is 22.8 Å². The van der Waals surface area contributed by atoms with Crippen molar-refractivity contribution in [1.29, 1.82) is 0 Å². The van der Waals surface area contributed by atoms with E-state index in [1.165, 1.54) is 6.08 Å². The van der Waals surface area contributed by atoms with Gasteiger partial charge in [0, 0.05) is 20.3 Å². The summed E-state index contributed by atoms with van der Waals surface area (Å²) in [4.78, 5) is 34.5. The molecule has 0 heterocycles. The second-order valence-corrected chi connectivity index (χ2v) is 6.55. The van der Waals surface area contributed by atoms with Gasteiger partial charge in [-0.1, -0.05) is 6.08 Å². The zero-order chi connectivity index (χ0) is 17.8.